The van der Waals surface area contributed by atoms with Crippen molar-refractivity contribution >= 4 is 17.5 Å². The van der Waals surface area contributed by atoms with Crippen LogP contribution in [0.4, 0.5) is 0 Å². The Kier molecular flexibility index (Phi) is 5.75. The van der Waals surface area contributed by atoms with Gasteiger partial charge in [0.2, 0.25) is 11.6 Å². The largest absolute Gasteiger partial charge is 0.508 e. The minimum Gasteiger partial charge on any atom is -0.508 e. The summed E-state index contributed by atoms with van der Waals surface area (Å²) in [6, 6.07) is 2.07. The van der Waals surface area contributed by atoms with E-state index in [-0.39, 0.29) is 43.1 Å². The third kappa shape index (κ3) is 4.23. The smallest absolute Gasteiger partial charge is 0.345 e. The van der Waals surface area contributed by atoms with Crippen LogP contribution in [0.1, 0.15) is 36.0 Å². The highest BCUT2D eigenvalue weighted by Gasteiger charge is 2.25. The maximum Gasteiger partial charge on any atom is 0.345 e. The number of hydrogen-bond acceptors (Lipinski definition) is 8. The van der Waals surface area contributed by atoms with Gasteiger partial charge in [-0.15, -0.1) is 0 Å². The third-order valence-electron chi connectivity index (χ3n) is 3.54. The first-order chi connectivity index (χ1) is 11.4. The van der Waals surface area contributed by atoms with Crippen molar-refractivity contribution < 1.29 is 39.2 Å². The molecule has 24 heavy (non-hydrogen) atoms. The highest BCUT2D eigenvalue weighted by atomic mass is 16.5. The van der Waals surface area contributed by atoms with Crippen LogP contribution >= 0.6 is 0 Å². The normalized spacial score (nSPS) is 20.5. The van der Waals surface area contributed by atoms with Crippen LogP contribution < -0.4 is 4.74 Å². The van der Waals surface area contributed by atoms with Gasteiger partial charge in [-0.05, 0) is 19.3 Å². The lowest BCUT2D eigenvalue weighted by molar-refractivity contribution is -0.142. The molecule has 0 saturated heterocycles. The number of rotatable bonds is 0. The average Bonchev–Trinajstić information content (AvgIpc) is 2.51. The summed E-state index contributed by atoms with van der Waals surface area (Å²) in [5.74, 6) is -3.50. The molecule has 3 N–H and O–H groups in total. The summed E-state index contributed by atoms with van der Waals surface area (Å²) in [5.41, 5.74) is -0.260. The minimum absolute atomic E-state index is 0.00739. The summed E-state index contributed by atoms with van der Waals surface area (Å²) in [4.78, 5) is 35.5. The molecular formula is C16H18O8. The second kappa shape index (κ2) is 7.78. The van der Waals surface area contributed by atoms with E-state index in [1.807, 2.05) is 0 Å². The quantitative estimate of drug-likeness (QED) is 0.465. The van der Waals surface area contributed by atoms with Crippen molar-refractivity contribution in [1.82, 2.24) is 0 Å². The standard InChI is InChI=1S/C16H18O8/c17-9-7-12(20)14-13(8-9)23-6-4-11(19)15(21)10(18)3-1-2-5-24-16(14)22/h7-8,10,17-18,20H,1-6H2. The van der Waals surface area contributed by atoms with Crippen LogP contribution in [0.2, 0.25) is 0 Å². The number of aliphatic hydroxyl groups excluding tert-OH is 1. The second-order valence-electron chi connectivity index (χ2n) is 5.37. The first kappa shape index (κ1) is 17.7. The number of aromatic hydroxyl groups is 2. The number of benzene rings is 1. The number of esters is 1. The number of aliphatic hydroxyl groups is 1. The summed E-state index contributed by atoms with van der Waals surface area (Å²) in [7, 11) is 0. The highest BCUT2D eigenvalue weighted by molar-refractivity contribution is 6.38. The SMILES string of the molecule is O=C1CCOc2cc(O)cc(O)c2C(=O)OCCCCC(O)C1=O. The van der Waals surface area contributed by atoms with Crippen molar-refractivity contribution in [2.24, 2.45) is 0 Å². The predicted molar refractivity (Wildman–Crippen MR) is 80.0 cm³/mol. The van der Waals surface area contributed by atoms with E-state index < -0.39 is 29.4 Å². The van der Waals surface area contributed by atoms with Gasteiger partial charge in [0.1, 0.15) is 28.9 Å². The van der Waals surface area contributed by atoms with Crippen molar-refractivity contribution in [3.05, 3.63) is 17.7 Å². The summed E-state index contributed by atoms with van der Waals surface area (Å²) >= 11 is 0. The molecule has 130 valence electrons. The molecular weight excluding hydrogens is 320 g/mol. The Bertz CT molecular complexity index is 652. The summed E-state index contributed by atoms with van der Waals surface area (Å²) in [6.07, 6.45) is -0.825. The molecule has 0 amide bonds. The fraction of sp³-hybridized carbons (Fsp3) is 0.438. The fourth-order valence-corrected chi connectivity index (χ4v) is 2.28. The van der Waals surface area contributed by atoms with Gasteiger partial charge in [-0.2, -0.15) is 0 Å². The van der Waals surface area contributed by atoms with Crippen molar-refractivity contribution in [3.63, 3.8) is 0 Å². The highest BCUT2D eigenvalue weighted by Crippen LogP contribution is 2.33. The lowest BCUT2D eigenvalue weighted by Gasteiger charge is -2.14. The molecule has 1 aromatic rings. The Labute approximate surface area is 137 Å². The van der Waals surface area contributed by atoms with E-state index in [1.165, 1.54) is 0 Å². The van der Waals surface area contributed by atoms with Crippen LogP contribution in [0.25, 0.3) is 0 Å². The number of carbonyl (C=O) groups is 3. The molecule has 1 heterocycles. The molecule has 0 bridgehead atoms. The summed E-state index contributed by atoms with van der Waals surface area (Å²) < 4.78 is 10.3. The van der Waals surface area contributed by atoms with Gasteiger partial charge in [-0.1, -0.05) is 0 Å². The molecule has 0 radical (unpaired) electrons. The summed E-state index contributed by atoms with van der Waals surface area (Å²) in [5, 5.41) is 29.0. The monoisotopic (exact) mass is 338 g/mol. The molecule has 0 aliphatic carbocycles. The molecule has 1 atom stereocenters. The third-order valence-corrected chi connectivity index (χ3v) is 3.54. The second-order valence-corrected chi connectivity index (χ2v) is 5.37. The van der Waals surface area contributed by atoms with Crippen molar-refractivity contribution in [2.45, 2.75) is 31.8 Å². The number of ether oxygens (including phenoxy) is 2. The average molecular weight is 338 g/mol. The van der Waals surface area contributed by atoms with Crippen molar-refractivity contribution in [1.29, 1.82) is 0 Å². The van der Waals surface area contributed by atoms with E-state index in [0.29, 0.717) is 12.8 Å². The first-order valence-corrected chi connectivity index (χ1v) is 7.51. The molecule has 8 heteroatoms. The number of hydrogen-bond donors (Lipinski definition) is 3. The van der Waals surface area contributed by atoms with Gasteiger partial charge in [-0.3, -0.25) is 9.59 Å². The number of cyclic esters (lactones) is 1. The Morgan fingerprint density at radius 2 is 1.75 bits per heavy atom. The Balaban J connectivity index is 2.25. The molecule has 0 aromatic heterocycles. The number of fused-ring (bicyclic) bond motifs is 1. The topological polar surface area (TPSA) is 130 Å². The predicted octanol–water partition coefficient (Wildman–Crippen LogP) is 0.706. The first-order valence-electron chi connectivity index (χ1n) is 7.51. The number of phenolic OH excluding ortho intramolecular Hbond substituents is 2. The van der Waals surface area contributed by atoms with Crippen LogP contribution in [0.3, 0.4) is 0 Å². The van der Waals surface area contributed by atoms with Crippen molar-refractivity contribution in [3.8, 4) is 17.2 Å². The van der Waals surface area contributed by atoms with Gasteiger partial charge in [0.05, 0.1) is 13.2 Å². The maximum absolute atomic E-state index is 12.1. The Morgan fingerprint density at radius 3 is 2.50 bits per heavy atom. The number of ketones is 2. The van der Waals surface area contributed by atoms with E-state index in [4.69, 9.17) is 9.47 Å². The van der Waals surface area contributed by atoms with Crippen LogP contribution in [0.15, 0.2) is 12.1 Å². The molecule has 1 aliphatic rings. The zero-order valence-corrected chi connectivity index (χ0v) is 12.9. The molecule has 1 aliphatic heterocycles. The van der Waals surface area contributed by atoms with E-state index in [2.05, 4.69) is 0 Å². The van der Waals surface area contributed by atoms with Gasteiger partial charge >= 0.3 is 5.97 Å². The lowest BCUT2D eigenvalue weighted by Crippen LogP contribution is -2.29. The van der Waals surface area contributed by atoms with Gasteiger partial charge in [0, 0.05) is 18.6 Å². The molecule has 0 saturated carbocycles. The van der Waals surface area contributed by atoms with Gasteiger partial charge in [0.15, 0.2) is 0 Å². The van der Waals surface area contributed by atoms with E-state index in [1.54, 1.807) is 0 Å². The van der Waals surface area contributed by atoms with E-state index in [9.17, 15) is 29.7 Å². The van der Waals surface area contributed by atoms with Crippen LogP contribution in [0.5, 0.6) is 17.2 Å². The van der Waals surface area contributed by atoms with Crippen molar-refractivity contribution in [2.75, 3.05) is 13.2 Å². The van der Waals surface area contributed by atoms with Gasteiger partial charge in [0.25, 0.3) is 0 Å². The number of carbonyl (C=O) groups excluding carboxylic acids is 3. The zero-order valence-electron chi connectivity index (χ0n) is 12.9. The number of phenols is 2. The Hall–Kier alpha value is -2.61. The summed E-state index contributed by atoms with van der Waals surface area (Å²) in [6.45, 7) is -0.256. The van der Waals surface area contributed by atoms with Crippen LogP contribution in [-0.4, -0.2) is 52.2 Å². The fourth-order valence-electron chi connectivity index (χ4n) is 2.28. The maximum atomic E-state index is 12.1. The number of Topliss-reactive ketones (excluding diaryl/α,β-unsaturated/α-hetero) is 2. The lowest BCUT2D eigenvalue weighted by atomic mass is 10.0. The molecule has 0 fully saturated rings. The molecule has 8 nitrogen and oxygen atoms in total. The molecule has 2 rings (SSSR count). The molecule has 1 aromatic carbocycles. The molecule has 0 spiro atoms. The van der Waals surface area contributed by atoms with Crippen LogP contribution in [-0.2, 0) is 14.3 Å². The molecule has 1 unspecified atom stereocenters. The van der Waals surface area contributed by atoms with E-state index >= 15 is 0 Å². The van der Waals surface area contributed by atoms with Gasteiger partial charge < -0.3 is 24.8 Å². The van der Waals surface area contributed by atoms with Crippen LogP contribution in [0, 0.1) is 0 Å². The van der Waals surface area contributed by atoms with Gasteiger partial charge in [-0.25, -0.2) is 4.79 Å². The van der Waals surface area contributed by atoms with E-state index in [0.717, 1.165) is 12.1 Å². The minimum atomic E-state index is -1.38. The Morgan fingerprint density at radius 1 is 1.00 bits per heavy atom. The zero-order chi connectivity index (χ0) is 17.7.